The Hall–Kier alpha value is -3.13. The van der Waals surface area contributed by atoms with Gasteiger partial charge in [0.15, 0.2) is 11.6 Å². The Balaban J connectivity index is 1.55. The number of nitrogens with one attached hydrogen (secondary N) is 1. The van der Waals surface area contributed by atoms with Gasteiger partial charge in [0.2, 0.25) is 0 Å². The van der Waals surface area contributed by atoms with Crippen LogP contribution in [-0.4, -0.2) is 61.7 Å². The normalized spacial score (nSPS) is 14.3. The largest absolute Gasteiger partial charge is 0.494 e. The zero-order valence-electron chi connectivity index (χ0n) is 17.2. The highest BCUT2D eigenvalue weighted by atomic mass is 19.1. The summed E-state index contributed by atoms with van der Waals surface area (Å²) in [5.74, 6) is -0.230. The van der Waals surface area contributed by atoms with Crippen LogP contribution in [0.2, 0.25) is 0 Å². The van der Waals surface area contributed by atoms with Crippen LogP contribution in [0.1, 0.15) is 22.8 Å². The van der Waals surface area contributed by atoms with E-state index in [1.807, 2.05) is 6.07 Å². The number of nitrogens with zero attached hydrogens (tertiary/aromatic N) is 2. The topological polar surface area (TPSA) is 71.1 Å². The minimum Gasteiger partial charge on any atom is -0.494 e. The molecule has 0 aromatic heterocycles. The van der Waals surface area contributed by atoms with Gasteiger partial charge in [0, 0.05) is 44.0 Å². The second-order valence-electron chi connectivity index (χ2n) is 6.96. The van der Waals surface area contributed by atoms with Crippen LogP contribution in [0.5, 0.6) is 5.75 Å². The molecule has 0 bridgehead atoms. The molecule has 7 nitrogen and oxygen atoms in total. The maximum Gasteiger partial charge on any atom is 0.411 e. The van der Waals surface area contributed by atoms with Crippen LogP contribution in [0.15, 0.2) is 42.5 Å². The number of ether oxygens (including phenoxy) is 2. The standard InChI is InChI=1S/C22H26FN3O4/c1-3-30-22(28)24-18-6-4-5-17(14-18)21(27)26-11-9-25(10-12-26)15-16-7-8-20(29-2)19(23)13-16/h4-8,13-14H,3,9-12,15H2,1-2H3,(H,24,28). The molecule has 1 aliphatic heterocycles. The smallest absolute Gasteiger partial charge is 0.411 e. The summed E-state index contributed by atoms with van der Waals surface area (Å²) < 4.78 is 23.7. The van der Waals surface area contributed by atoms with Crippen LogP contribution < -0.4 is 10.1 Å². The first-order valence-electron chi connectivity index (χ1n) is 9.88. The summed E-state index contributed by atoms with van der Waals surface area (Å²) in [5.41, 5.74) is 1.89. The highest BCUT2D eigenvalue weighted by Crippen LogP contribution is 2.20. The van der Waals surface area contributed by atoms with Gasteiger partial charge in [-0.3, -0.25) is 15.0 Å². The molecule has 160 valence electrons. The third kappa shape index (κ3) is 5.48. The second kappa shape index (κ2) is 10.1. The second-order valence-corrected chi connectivity index (χ2v) is 6.96. The summed E-state index contributed by atoms with van der Waals surface area (Å²) in [6.07, 6.45) is -0.550. The molecule has 1 aliphatic rings. The average molecular weight is 415 g/mol. The third-order valence-corrected chi connectivity index (χ3v) is 4.91. The minimum absolute atomic E-state index is 0.0855. The molecule has 0 radical (unpaired) electrons. The Kier molecular flexibility index (Phi) is 7.24. The molecule has 2 amide bonds. The van der Waals surface area contributed by atoms with Crippen LogP contribution in [-0.2, 0) is 11.3 Å². The zero-order valence-corrected chi connectivity index (χ0v) is 17.2. The van der Waals surface area contributed by atoms with Crippen LogP contribution in [0, 0.1) is 5.82 Å². The molecule has 30 heavy (non-hydrogen) atoms. The minimum atomic E-state index is -0.550. The van der Waals surface area contributed by atoms with Crippen LogP contribution in [0.25, 0.3) is 0 Å². The third-order valence-electron chi connectivity index (χ3n) is 4.91. The number of methoxy groups -OCH3 is 1. The van der Waals surface area contributed by atoms with Crippen molar-refractivity contribution in [2.24, 2.45) is 0 Å². The Morgan fingerprint density at radius 3 is 2.53 bits per heavy atom. The molecule has 3 rings (SSSR count). The number of halogens is 1. The Labute approximate surface area is 175 Å². The zero-order chi connectivity index (χ0) is 21.5. The monoisotopic (exact) mass is 415 g/mol. The molecule has 1 fully saturated rings. The molecule has 0 spiro atoms. The summed E-state index contributed by atoms with van der Waals surface area (Å²) >= 11 is 0. The number of benzene rings is 2. The fourth-order valence-electron chi connectivity index (χ4n) is 3.37. The number of carbonyl (C=O) groups excluding carboxylic acids is 2. The molecule has 2 aromatic rings. The lowest BCUT2D eigenvalue weighted by Gasteiger charge is -2.34. The number of amides is 2. The molecular formula is C22H26FN3O4. The van der Waals surface area contributed by atoms with E-state index in [1.54, 1.807) is 42.2 Å². The van der Waals surface area contributed by atoms with Crippen molar-refractivity contribution in [1.82, 2.24) is 9.80 Å². The van der Waals surface area contributed by atoms with E-state index in [0.717, 1.165) is 5.56 Å². The van der Waals surface area contributed by atoms with E-state index in [4.69, 9.17) is 9.47 Å². The van der Waals surface area contributed by atoms with Gasteiger partial charge in [-0.1, -0.05) is 12.1 Å². The fraction of sp³-hybridized carbons (Fsp3) is 0.364. The number of anilines is 1. The first-order chi connectivity index (χ1) is 14.5. The number of rotatable bonds is 6. The summed E-state index contributed by atoms with van der Waals surface area (Å²) in [7, 11) is 1.44. The predicted octanol–water partition coefficient (Wildman–Crippen LogP) is 3.36. The fourth-order valence-corrected chi connectivity index (χ4v) is 3.37. The highest BCUT2D eigenvalue weighted by Gasteiger charge is 2.22. The average Bonchev–Trinajstić information content (AvgIpc) is 2.74. The van der Waals surface area contributed by atoms with Crippen molar-refractivity contribution in [3.8, 4) is 5.75 Å². The van der Waals surface area contributed by atoms with Gasteiger partial charge in [-0.05, 0) is 42.8 Å². The van der Waals surface area contributed by atoms with Crippen molar-refractivity contribution >= 4 is 17.7 Å². The Morgan fingerprint density at radius 2 is 1.87 bits per heavy atom. The first-order valence-corrected chi connectivity index (χ1v) is 9.88. The molecule has 2 aromatic carbocycles. The van der Waals surface area contributed by atoms with Gasteiger partial charge in [0.1, 0.15) is 0 Å². The predicted molar refractivity (Wildman–Crippen MR) is 111 cm³/mol. The molecular weight excluding hydrogens is 389 g/mol. The van der Waals surface area contributed by atoms with E-state index >= 15 is 0 Å². The first kappa shape index (κ1) is 21.6. The molecule has 8 heteroatoms. The molecule has 0 saturated carbocycles. The number of carbonyl (C=O) groups is 2. The lowest BCUT2D eigenvalue weighted by molar-refractivity contribution is 0.0628. The van der Waals surface area contributed by atoms with Crippen molar-refractivity contribution in [1.29, 1.82) is 0 Å². The molecule has 0 atom stereocenters. The lowest BCUT2D eigenvalue weighted by Crippen LogP contribution is -2.48. The van der Waals surface area contributed by atoms with Gasteiger partial charge < -0.3 is 14.4 Å². The van der Waals surface area contributed by atoms with Crippen molar-refractivity contribution in [2.45, 2.75) is 13.5 Å². The molecule has 0 unspecified atom stereocenters. The van der Waals surface area contributed by atoms with E-state index in [-0.39, 0.29) is 24.1 Å². The van der Waals surface area contributed by atoms with Gasteiger partial charge in [-0.15, -0.1) is 0 Å². The molecule has 1 N–H and O–H groups in total. The van der Waals surface area contributed by atoms with Crippen molar-refractivity contribution in [3.63, 3.8) is 0 Å². The van der Waals surface area contributed by atoms with Gasteiger partial charge >= 0.3 is 6.09 Å². The maximum atomic E-state index is 13.9. The van der Waals surface area contributed by atoms with E-state index in [9.17, 15) is 14.0 Å². The highest BCUT2D eigenvalue weighted by molar-refractivity contribution is 5.96. The maximum absolute atomic E-state index is 13.9. The summed E-state index contributed by atoms with van der Waals surface area (Å²) in [5, 5.41) is 2.61. The van der Waals surface area contributed by atoms with Gasteiger partial charge in [0.05, 0.1) is 13.7 Å². The van der Waals surface area contributed by atoms with Gasteiger partial charge in [-0.2, -0.15) is 0 Å². The van der Waals surface area contributed by atoms with Crippen LogP contribution in [0.4, 0.5) is 14.9 Å². The van der Waals surface area contributed by atoms with E-state index in [0.29, 0.717) is 44.0 Å². The summed E-state index contributed by atoms with van der Waals surface area (Å²) in [6.45, 7) is 5.16. The van der Waals surface area contributed by atoms with Crippen molar-refractivity contribution < 1.29 is 23.5 Å². The lowest BCUT2D eigenvalue weighted by atomic mass is 10.1. The van der Waals surface area contributed by atoms with E-state index in [1.165, 1.54) is 13.2 Å². The van der Waals surface area contributed by atoms with Gasteiger partial charge in [0.25, 0.3) is 5.91 Å². The Morgan fingerprint density at radius 1 is 1.10 bits per heavy atom. The number of piperazine rings is 1. The van der Waals surface area contributed by atoms with Gasteiger partial charge in [-0.25, -0.2) is 9.18 Å². The van der Waals surface area contributed by atoms with Crippen molar-refractivity contribution in [2.75, 3.05) is 45.2 Å². The van der Waals surface area contributed by atoms with E-state index in [2.05, 4.69) is 10.2 Å². The Bertz CT molecular complexity index is 898. The summed E-state index contributed by atoms with van der Waals surface area (Å²) in [4.78, 5) is 28.4. The van der Waals surface area contributed by atoms with Crippen LogP contribution >= 0.6 is 0 Å². The summed E-state index contributed by atoms with van der Waals surface area (Å²) in [6, 6.07) is 11.8. The number of hydrogen-bond acceptors (Lipinski definition) is 5. The van der Waals surface area contributed by atoms with E-state index < -0.39 is 6.09 Å². The molecule has 0 aliphatic carbocycles. The quantitative estimate of drug-likeness (QED) is 0.783. The molecule has 1 heterocycles. The van der Waals surface area contributed by atoms with Crippen molar-refractivity contribution in [3.05, 3.63) is 59.4 Å². The molecule has 1 saturated heterocycles. The SMILES string of the molecule is CCOC(=O)Nc1cccc(C(=O)N2CCN(Cc3ccc(OC)c(F)c3)CC2)c1. The van der Waals surface area contributed by atoms with Crippen LogP contribution in [0.3, 0.4) is 0 Å². The number of hydrogen-bond donors (Lipinski definition) is 1.